The van der Waals surface area contributed by atoms with Crippen LogP contribution in [0.15, 0.2) is 0 Å². The number of thioether (sulfide) groups is 1. The third-order valence-corrected chi connectivity index (χ3v) is 6.99. The van der Waals surface area contributed by atoms with Crippen molar-refractivity contribution in [1.29, 1.82) is 0 Å². The van der Waals surface area contributed by atoms with Crippen LogP contribution in [-0.4, -0.2) is 46.4 Å². The molecule has 5 nitrogen and oxygen atoms in total. The average molecular weight is 328 g/mol. The summed E-state index contributed by atoms with van der Waals surface area (Å²) in [6.07, 6.45) is 2.66. The van der Waals surface area contributed by atoms with Crippen LogP contribution in [0.2, 0.25) is 0 Å². The summed E-state index contributed by atoms with van der Waals surface area (Å²) in [5.41, 5.74) is -0.981. The van der Waals surface area contributed by atoms with E-state index in [4.69, 9.17) is 9.47 Å². The van der Waals surface area contributed by atoms with Gasteiger partial charge < -0.3 is 14.6 Å². The lowest BCUT2D eigenvalue weighted by atomic mass is 9.66. The van der Waals surface area contributed by atoms with E-state index in [-0.39, 0.29) is 29.2 Å². The Morgan fingerprint density at radius 2 is 2.27 bits per heavy atom. The highest BCUT2D eigenvalue weighted by atomic mass is 32.2. The molecule has 0 amide bonds. The number of aliphatic hydroxyl groups is 1. The molecule has 0 spiro atoms. The van der Waals surface area contributed by atoms with Gasteiger partial charge >= 0.3 is 11.9 Å². The molecule has 6 heteroatoms. The monoisotopic (exact) mass is 328 g/mol. The summed E-state index contributed by atoms with van der Waals surface area (Å²) in [5, 5.41) is 11.1. The smallest absolute Gasteiger partial charge is 0.313 e. The lowest BCUT2D eigenvalue weighted by molar-refractivity contribution is -0.145. The molecule has 3 rings (SSSR count). The molecule has 22 heavy (non-hydrogen) atoms. The minimum atomic E-state index is -0.981. The number of rotatable bonds is 5. The van der Waals surface area contributed by atoms with E-state index in [2.05, 4.69) is 6.92 Å². The second kappa shape index (κ2) is 6.04. The van der Waals surface area contributed by atoms with Crippen molar-refractivity contribution in [3.05, 3.63) is 0 Å². The summed E-state index contributed by atoms with van der Waals surface area (Å²) < 4.78 is 10.4. The first kappa shape index (κ1) is 16.1. The van der Waals surface area contributed by atoms with E-state index in [0.29, 0.717) is 24.7 Å². The van der Waals surface area contributed by atoms with Crippen molar-refractivity contribution in [2.45, 2.75) is 56.5 Å². The molecule has 6 unspecified atom stereocenters. The fraction of sp³-hybridized carbons (Fsp3) is 0.875. The van der Waals surface area contributed by atoms with E-state index in [0.717, 1.165) is 19.3 Å². The largest absolute Gasteiger partial charge is 0.466 e. The highest BCUT2D eigenvalue weighted by Gasteiger charge is 2.68. The second-order valence-corrected chi connectivity index (χ2v) is 7.95. The third-order valence-electron chi connectivity index (χ3n) is 5.43. The molecule has 3 aliphatic rings. The Hall–Kier alpha value is -0.750. The minimum absolute atomic E-state index is 0.0197. The van der Waals surface area contributed by atoms with Crippen LogP contribution in [-0.2, 0) is 19.1 Å². The zero-order valence-corrected chi connectivity index (χ0v) is 13.9. The van der Waals surface area contributed by atoms with Crippen LogP contribution in [0.4, 0.5) is 0 Å². The van der Waals surface area contributed by atoms with Gasteiger partial charge in [-0.3, -0.25) is 9.59 Å². The molecule has 1 aliphatic heterocycles. The summed E-state index contributed by atoms with van der Waals surface area (Å²) in [7, 11) is 0. The molecule has 0 aromatic rings. The van der Waals surface area contributed by atoms with Gasteiger partial charge in [-0.25, -0.2) is 0 Å². The molecule has 2 aliphatic carbocycles. The van der Waals surface area contributed by atoms with Crippen molar-refractivity contribution in [3.8, 4) is 0 Å². The summed E-state index contributed by atoms with van der Waals surface area (Å²) in [6, 6.07) is 0. The number of esters is 2. The first-order valence-electron chi connectivity index (χ1n) is 8.18. The zero-order chi connectivity index (χ0) is 15.9. The number of ether oxygens (including phenoxy) is 2. The van der Waals surface area contributed by atoms with Gasteiger partial charge in [0.1, 0.15) is 17.6 Å². The van der Waals surface area contributed by atoms with Crippen LogP contribution in [0.25, 0.3) is 0 Å². The molecule has 124 valence electrons. The van der Waals surface area contributed by atoms with Crippen molar-refractivity contribution >= 4 is 23.7 Å². The van der Waals surface area contributed by atoms with Crippen molar-refractivity contribution in [1.82, 2.24) is 0 Å². The molecule has 6 atom stereocenters. The second-order valence-electron chi connectivity index (χ2n) is 6.67. The normalized spacial score (nSPS) is 42.9. The lowest BCUT2D eigenvalue weighted by Crippen LogP contribution is -2.55. The van der Waals surface area contributed by atoms with E-state index in [1.54, 1.807) is 18.7 Å². The van der Waals surface area contributed by atoms with Crippen LogP contribution in [0.1, 0.15) is 39.5 Å². The van der Waals surface area contributed by atoms with Gasteiger partial charge in [0.25, 0.3) is 0 Å². The van der Waals surface area contributed by atoms with Crippen molar-refractivity contribution in [3.63, 3.8) is 0 Å². The fourth-order valence-electron chi connectivity index (χ4n) is 4.48. The first-order chi connectivity index (χ1) is 10.5. The van der Waals surface area contributed by atoms with Crippen molar-refractivity contribution in [2.24, 2.45) is 17.8 Å². The van der Waals surface area contributed by atoms with Gasteiger partial charge in [0.2, 0.25) is 0 Å². The van der Waals surface area contributed by atoms with Gasteiger partial charge in [0.15, 0.2) is 0 Å². The quantitative estimate of drug-likeness (QED) is 0.775. The molecule has 0 radical (unpaired) electrons. The maximum absolute atomic E-state index is 12.3. The molecule has 1 N–H and O–H groups in total. The highest BCUT2D eigenvalue weighted by Crippen LogP contribution is 2.58. The minimum Gasteiger partial charge on any atom is -0.466 e. The zero-order valence-electron chi connectivity index (χ0n) is 13.1. The van der Waals surface area contributed by atoms with Crippen LogP contribution < -0.4 is 0 Å². The van der Waals surface area contributed by atoms with E-state index in [1.807, 2.05) is 0 Å². The van der Waals surface area contributed by atoms with Gasteiger partial charge in [-0.05, 0) is 38.0 Å². The number of carbonyl (C=O) groups excluding carboxylic acids is 2. The number of hydrogen-bond acceptors (Lipinski definition) is 6. The lowest BCUT2D eigenvalue weighted by Gasteiger charge is -2.44. The van der Waals surface area contributed by atoms with Gasteiger partial charge in [0, 0.05) is 11.0 Å². The molecule has 1 saturated heterocycles. The Labute approximate surface area is 135 Å². The predicted octanol–water partition coefficient (Wildman–Crippen LogP) is 1.76. The Morgan fingerprint density at radius 1 is 1.50 bits per heavy atom. The van der Waals surface area contributed by atoms with Crippen molar-refractivity contribution < 1.29 is 24.2 Å². The van der Waals surface area contributed by atoms with Gasteiger partial charge in [0.05, 0.1) is 13.0 Å². The molecule has 2 saturated carbocycles. The van der Waals surface area contributed by atoms with E-state index >= 15 is 0 Å². The van der Waals surface area contributed by atoms with Crippen LogP contribution in [0.3, 0.4) is 0 Å². The van der Waals surface area contributed by atoms with Crippen LogP contribution in [0.5, 0.6) is 0 Å². The molecule has 0 aromatic carbocycles. The topological polar surface area (TPSA) is 72.8 Å². The first-order valence-corrected chi connectivity index (χ1v) is 9.23. The van der Waals surface area contributed by atoms with Gasteiger partial charge in [-0.1, -0.05) is 6.92 Å². The molecule has 0 bridgehead atoms. The van der Waals surface area contributed by atoms with Crippen molar-refractivity contribution in [2.75, 3.05) is 12.4 Å². The maximum Gasteiger partial charge on any atom is 0.313 e. The molecule has 3 fully saturated rings. The van der Waals surface area contributed by atoms with E-state index in [1.165, 1.54) is 0 Å². The number of hydrogen-bond donors (Lipinski definition) is 1. The van der Waals surface area contributed by atoms with Crippen LogP contribution >= 0.6 is 11.8 Å². The molecule has 0 aromatic heterocycles. The highest BCUT2D eigenvalue weighted by molar-refractivity contribution is 8.00. The Morgan fingerprint density at radius 3 is 3.00 bits per heavy atom. The Bertz CT molecular complexity index is 467. The Balaban J connectivity index is 1.68. The van der Waals surface area contributed by atoms with Crippen LogP contribution in [0, 0.1) is 17.8 Å². The average Bonchev–Trinajstić information content (AvgIpc) is 2.89. The Kier molecular flexibility index (Phi) is 4.42. The molecular formula is C16H24O5S. The SMILES string of the molecule is CCOC(=O)CCSC1C(C)CC2CCC3OC(=O)C1C23O. The summed E-state index contributed by atoms with van der Waals surface area (Å²) in [4.78, 5) is 23.7. The fourth-order valence-corrected chi connectivity index (χ4v) is 5.99. The predicted molar refractivity (Wildman–Crippen MR) is 82.3 cm³/mol. The molecule has 1 heterocycles. The van der Waals surface area contributed by atoms with E-state index < -0.39 is 11.5 Å². The summed E-state index contributed by atoms with van der Waals surface area (Å²) in [6.45, 7) is 4.32. The molecular weight excluding hydrogens is 304 g/mol. The standard InChI is InChI=1S/C16H24O5S/c1-3-20-12(17)6-7-22-14-9(2)8-10-4-5-11-16(10,19)13(14)15(18)21-11/h9-11,13-14,19H,3-8H2,1-2H3. The maximum atomic E-state index is 12.3. The van der Waals surface area contributed by atoms with E-state index in [9.17, 15) is 14.7 Å². The van der Waals surface area contributed by atoms with Gasteiger partial charge in [-0.15, -0.1) is 0 Å². The summed E-state index contributed by atoms with van der Waals surface area (Å²) >= 11 is 1.61. The third kappa shape index (κ3) is 2.44. The van der Waals surface area contributed by atoms with Gasteiger partial charge in [-0.2, -0.15) is 11.8 Å². The number of carbonyl (C=O) groups is 2. The summed E-state index contributed by atoms with van der Waals surface area (Å²) in [5.74, 6) is 0.224.